The van der Waals surface area contributed by atoms with Gasteiger partial charge in [0.1, 0.15) is 5.69 Å². The summed E-state index contributed by atoms with van der Waals surface area (Å²) in [4.78, 5) is 11.6. The first kappa shape index (κ1) is 14.4. The zero-order valence-corrected chi connectivity index (χ0v) is 13.2. The third kappa shape index (κ3) is 2.98. The number of fused-ring (bicyclic) bond motifs is 1. The van der Waals surface area contributed by atoms with E-state index in [9.17, 15) is 0 Å². The van der Waals surface area contributed by atoms with Gasteiger partial charge in [-0.1, -0.05) is 24.3 Å². The molecule has 1 saturated heterocycles. The molecule has 1 atom stereocenters. The average Bonchev–Trinajstić information content (AvgIpc) is 3.02. The molecular weight excluding hydrogens is 288 g/mol. The minimum Gasteiger partial charge on any atom is -0.374 e. The maximum atomic E-state index is 5.87. The molecule has 0 bridgehead atoms. The molecule has 0 amide bonds. The Labute approximate surface area is 135 Å². The number of hydrogen-bond acceptors (Lipinski definition) is 4. The number of likely N-dealkylation sites (N-methyl/N-ethyl adjacent to an activating group) is 1. The number of morpholine rings is 1. The van der Waals surface area contributed by atoms with Crippen molar-refractivity contribution in [2.75, 3.05) is 26.7 Å². The van der Waals surface area contributed by atoms with Crippen molar-refractivity contribution >= 4 is 10.9 Å². The Morgan fingerprint density at radius 1 is 1.22 bits per heavy atom. The van der Waals surface area contributed by atoms with Crippen LogP contribution in [0.25, 0.3) is 22.4 Å². The normalized spacial score (nSPS) is 19.3. The van der Waals surface area contributed by atoms with Gasteiger partial charge in [0.15, 0.2) is 5.82 Å². The molecule has 0 saturated carbocycles. The number of rotatable bonds is 3. The van der Waals surface area contributed by atoms with Gasteiger partial charge in [-0.05, 0) is 19.2 Å². The Hall–Kier alpha value is -2.24. The van der Waals surface area contributed by atoms with Gasteiger partial charge in [-0.15, -0.1) is 0 Å². The molecule has 0 radical (unpaired) electrons. The maximum absolute atomic E-state index is 5.87. The molecular formula is C18H20N4O. The first-order valence-electron chi connectivity index (χ1n) is 7.97. The Balaban J connectivity index is 1.62. The molecule has 2 aromatic heterocycles. The van der Waals surface area contributed by atoms with E-state index in [4.69, 9.17) is 9.72 Å². The summed E-state index contributed by atoms with van der Waals surface area (Å²) in [6, 6.07) is 12.3. The van der Waals surface area contributed by atoms with Gasteiger partial charge in [-0.3, -0.25) is 0 Å². The highest BCUT2D eigenvalue weighted by Crippen LogP contribution is 2.20. The van der Waals surface area contributed by atoms with Crippen LogP contribution in [0.3, 0.4) is 0 Å². The molecule has 1 unspecified atom stereocenters. The second-order valence-electron chi connectivity index (χ2n) is 6.05. The molecule has 0 spiro atoms. The molecule has 1 fully saturated rings. The van der Waals surface area contributed by atoms with Crippen LogP contribution in [-0.4, -0.2) is 52.3 Å². The van der Waals surface area contributed by atoms with Crippen LogP contribution in [0.15, 0.2) is 48.8 Å². The van der Waals surface area contributed by atoms with Gasteiger partial charge in [0.2, 0.25) is 0 Å². The topological polar surface area (TPSA) is 43.2 Å². The summed E-state index contributed by atoms with van der Waals surface area (Å²) in [6.07, 6.45) is 4.03. The van der Waals surface area contributed by atoms with Crippen LogP contribution in [0.5, 0.6) is 0 Å². The first-order chi connectivity index (χ1) is 11.3. The zero-order valence-electron chi connectivity index (χ0n) is 13.2. The van der Waals surface area contributed by atoms with E-state index in [1.807, 2.05) is 36.7 Å². The number of pyridine rings is 1. The van der Waals surface area contributed by atoms with Crippen molar-refractivity contribution in [3.8, 4) is 11.5 Å². The smallest absolute Gasteiger partial charge is 0.158 e. The second kappa shape index (κ2) is 6.10. The lowest BCUT2D eigenvalue weighted by Gasteiger charge is -2.30. The fourth-order valence-corrected chi connectivity index (χ4v) is 3.08. The van der Waals surface area contributed by atoms with Crippen LogP contribution in [0, 0.1) is 0 Å². The number of para-hydroxylation sites is 1. The van der Waals surface area contributed by atoms with E-state index >= 15 is 0 Å². The summed E-state index contributed by atoms with van der Waals surface area (Å²) in [5, 5.41) is 1.14. The molecule has 3 heterocycles. The SMILES string of the molecule is CN1CCOC(Cn2ccnc2-c2ccc3ccccc3n2)C1. The lowest BCUT2D eigenvalue weighted by atomic mass is 10.2. The van der Waals surface area contributed by atoms with E-state index in [2.05, 4.69) is 33.6 Å². The van der Waals surface area contributed by atoms with Gasteiger partial charge in [0.05, 0.1) is 24.8 Å². The molecule has 5 heteroatoms. The minimum atomic E-state index is 0.196. The van der Waals surface area contributed by atoms with Crippen molar-refractivity contribution in [2.24, 2.45) is 0 Å². The highest BCUT2D eigenvalue weighted by molar-refractivity contribution is 5.80. The van der Waals surface area contributed by atoms with Crippen LogP contribution in [0.1, 0.15) is 0 Å². The van der Waals surface area contributed by atoms with Gasteiger partial charge >= 0.3 is 0 Å². The van der Waals surface area contributed by atoms with Crippen LogP contribution in [0.2, 0.25) is 0 Å². The number of aromatic nitrogens is 3. The molecule has 0 N–H and O–H groups in total. The van der Waals surface area contributed by atoms with E-state index in [1.165, 1.54) is 0 Å². The molecule has 1 aromatic carbocycles. The van der Waals surface area contributed by atoms with Gasteiger partial charge in [0.25, 0.3) is 0 Å². The van der Waals surface area contributed by atoms with Crippen molar-refractivity contribution < 1.29 is 4.74 Å². The van der Waals surface area contributed by atoms with E-state index in [1.54, 1.807) is 0 Å². The summed E-state index contributed by atoms with van der Waals surface area (Å²) < 4.78 is 8.01. The highest BCUT2D eigenvalue weighted by Gasteiger charge is 2.19. The molecule has 3 aromatic rings. The van der Waals surface area contributed by atoms with Crippen LogP contribution in [0.4, 0.5) is 0 Å². The van der Waals surface area contributed by atoms with Gasteiger partial charge in [0, 0.05) is 30.9 Å². The van der Waals surface area contributed by atoms with Crippen molar-refractivity contribution in [3.05, 3.63) is 48.8 Å². The van der Waals surface area contributed by atoms with Gasteiger partial charge in [-0.25, -0.2) is 9.97 Å². The number of hydrogen-bond donors (Lipinski definition) is 0. The van der Waals surface area contributed by atoms with Crippen LogP contribution in [-0.2, 0) is 11.3 Å². The minimum absolute atomic E-state index is 0.196. The predicted molar refractivity (Wildman–Crippen MR) is 90.2 cm³/mol. The summed E-state index contributed by atoms with van der Waals surface area (Å²) in [6.45, 7) is 3.54. The van der Waals surface area contributed by atoms with Crippen molar-refractivity contribution in [3.63, 3.8) is 0 Å². The summed E-state index contributed by atoms with van der Waals surface area (Å²) in [7, 11) is 2.13. The number of ether oxygens (including phenoxy) is 1. The van der Waals surface area contributed by atoms with E-state index in [-0.39, 0.29) is 6.10 Å². The number of benzene rings is 1. The molecule has 1 aliphatic heterocycles. The monoisotopic (exact) mass is 308 g/mol. The largest absolute Gasteiger partial charge is 0.374 e. The fourth-order valence-electron chi connectivity index (χ4n) is 3.08. The van der Waals surface area contributed by atoms with Gasteiger partial charge in [-0.2, -0.15) is 0 Å². The summed E-state index contributed by atoms with van der Waals surface area (Å²) in [5.74, 6) is 0.896. The fraction of sp³-hybridized carbons (Fsp3) is 0.333. The Bertz CT molecular complexity index is 813. The average molecular weight is 308 g/mol. The Morgan fingerprint density at radius 3 is 3.04 bits per heavy atom. The molecule has 4 rings (SSSR count). The van der Waals surface area contributed by atoms with E-state index in [0.29, 0.717) is 0 Å². The molecule has 1 aliphatic rings. The highest BCUT2D eigenvalue weighted by atomic mass is 16.5. The third-order valence-corrected chi connectivity index (χ3v) is 4.29. The number of imidazole rings is 1. The second-order valence-corrected chi connectivity index (χ2v) is 6.05. The lowest BCUT2D eigenvalue weighted by Crippen LogP contribution is -2.41. The first-order valence-corrected chi connectivity index (χ1v) is 7.97. The summed E-state index contributed by atoms with van der Waals surface area (Å²) >= 11 is 0. The van der Waals surface area contributed by atoms with Crippen molar-refractivity contribution in [1.82, 2.24) is 19.4 Å². The number of nitrogens with zero attached hydrogens (tertiary/aromatic N) is 4. The Kier molecular flexibility index (Phi) is 3.81. The zero-order chi connectivity index (χ0) is 15.6. The Morgan fingerprint density at radius 2 is 2.13 bits per heavy atom. The van der Waals surface area contributed by atoms with E-state index < -0.39 is 0 Å². The lowest BCUT2D eigenvalue weighted by molar-refractivity contribution is -0.0272. The van der Waals surface area contributed by atoms with Crippen molar-refractivity contribution in [1.29, 1.82) is 0 Å². The van der Waals surface area contributed by atoms with E-state index in [0.717, 1.165) is 48.7 Å². The van der Waals surface area contributed by atoms with Crippen LogP contribution >= 0.6 is 0 Å². The molecule has 0 aliphatic carbocycles. The third-order valence-electron chi connectivity index (χ3n) is 4.29. The van der Waals surface area contributed by atoms with Crippen molar-refractivity contribution in [2.45, 2.75) is 12.6 Å². The maximum Gasteiger partial charge on any atom is 0.158 e. The summed E-state index contributed by atoms with van der Waals surface area (Å²) in [5.41, 5.74) is 1.89. The molecule has 23 heavy (non-hydrogen) atoms. The quantitative estimate of drug-likeness (QED) is 0.745. The molecule has 5 nitrogen and oxygen atoms in total. The predicted octanol–water partition coefficient (Wildman–Crippen LogP) is 2.43. The van der Waals surface area contributed by atoms with Crippen LogP contribution < -0.4 is 0 Å². The molecule has 118 valence electrons. The standard InChI is InChI=1S/C18H20N4O/c1-21-10-11-23-15(12-21)13-22-9-8-19-18(22)17-7-6-14-4-2-3-5-16(14)20-17/h2-9,15H,10-13H2,1H3. The van der Waals surface area contributed by atoms with Gasteiger partial charge < -0.3 is 14.2 Å².